The van der Waals surface area contributed by atoms with E-state index in [9.17, 15) is 4.79 Å². The van der Waals surface area contributed by atoms with E-state index < -0.39 is 0 Å². The molecular weight excluding hydrogens is 214 g/mol. The van der Waals surface area contributed by atoms with Crippen LogP contribution in [-0.4, -0.2) is 23.7 Å². The zero-order chi connectivity index (χ0) is 12.1. The monoisotopic (exact) mass is 231 g/mol. The second kappa shape index (κ2) is 5.64. The predicted molar refractivity (Wildman–Crippen MR) is 66.4 cm³/mol. The highest BCUT2D eigenvalue weighted by Crippen LogP contribution is 2.17. The molecule has 0 radical (unpaired) electrons. The van der Waals surface area contributed by atoms with Gasteiger partial charge in [-0.25, -0.2) is 0 Å². The highest BCUT2D eigenvalue weighted by Gasteiger charge is 2.19. The molecule has 1 amide bonds. The fourth-order valence-corrected chi connectivity index (χ4v) is 2.06. The van der Waals surface area contributed by atoms with Crippen LogP contribution >= 0.6 is 0 Å². The SMILES string of the molecule is O=C(Cc1ccccc1)NC1C=CC(CO)C1. The molecule has 0 saturated carbocycles. The summed E-state index contributed by atoms with van der Waals surface area (Å²) < 4.78 is 0. The smallest absolute Gasteiger partial charge is 0.224 e. The largest absolute Gasteiger partial charge is 0.396 e. The highest BCUT2D eigenvalue weighted by molar-refractivity contribution is 5.79. The molecule has 2 atom stereocenters. The lowest BCUT2D eigenvalue weighted by Crippen LogP contribution is -2.34. The number of aliphatic hydroxyl groups is 1. The summed E-state index contributed by atoms with van der Waals surface area (Å²) in [7, 11) is 0. The summed E-state index contributed by atoms with van der Waals surface area (Å²) in [6.07, 6.45) is 5.14. The van der Waals surface area contributed by atoms with Gasteiger partial charge in [0.05, 0.1) is 6.42 Å². The minimum absolute atomic E-state index is 0.0319. The first-order chi connectivity index (χ1) is 8.28. The first-order valence-corrected chi connectivity index (χ1v) is 5.90. The van der Waals surface area contributed by atoms with E-state index >= 15 is 0 Å². The van der Waals surface area contributed by atoms with Gasteiger partial charge < -0.3 is 10.4 Å². The van der Waals surface area contributed by atoms with Gasteiger partial charge in [-0.05, 0) is 12.0 Å². The van der Waals surface area contributed by atoms with Crippen LogP contribution in [0.25, 0.3) is 0 Å². The molecule has 90 valence electrons. The van der Waals surface area contributed by atoms with Crippen molar-refractivity contribution in [1.82, 2.24) is 5.32 Å². The molecule has 0 bridgehead atoms. The van der Waals surface area contributed by atoms with E-state index in [-0.39, 0.29) is 24.5 Å². The Morgan fingerprint density at radius 2 is 2.06 bits per heavy atom. The van der Waals surface area contributed by atoms with Crippen LogP contribution in [0.1, 0.15) is 12.0 Å². The number of nitrogens with one attached hydrogen (secondary N) is 1. The summed E-state index contributed by atoms with van der Waals surface area (Å²) in [5.41, 5.74) is 1.02. The first kappa shape index (κ1) is 11.9. The van der Waals surface area contributed by atoms with E-state index in [0.717, 1.165) is 12.0 Å². The Morgan fingerprint density at radius 3 is 2.71 bits per heavy atom. The lowest BCUT2D eigenvalue weighted by Gasteiger charge is -2.12. The zero-order valence-corrected chi connectivity index (χ0v) is 9.67. The van der Waals surface area contributed by atoms with E-state index in [4.69, 9.17) is 5.11 Å². The third kappa shape index (κ3) is 3.43. The van der Waals surface area contributed by atoms with Crippen LogP contribution in [-0.2, 0) is 11.2 Å². The Bertz CT molecular complexity index is 400. The minimum Gasteiger partial charge on any atom is -0.396 e. The second-order valence-electron chi connectivity index (χ2n) is 4.40. The van der Waals surface area contributed by atoms with Crippen LogP contribution in [0.15, 0.2) is 42.5 Å². The average molecular weight is 231 g/mol. The Kier molecular flexibility index (Phi) is 3.94. The molecule has 0 saturated heterocycles. The molecule has 0 heterocycles. The summed E-state index contributed by atoms with van der Waals surface area (Å²) in [6, 6.07) is 9.76. The number of benzene rings is 1. The average Bonchev–Trinajstić information content (AvgIpc) is 2.78. The molecule has 1 aromatic carbocycles. The van der Waals surface area contributed by atoms with Gasteiger partial charge in [-0.2, -0.15) is 0 Å². The number of rotatable bonds is 4. The summed E-state index contributed by atoms with van der Waals surface area (Å²) >= 11 is 0. The number of aliphatic hydroxyl groups excluding tert-OH is 1. The molecule has 1 aliphatic rings. The molecule has 0 spiro atoms. The van der Waals surface area contributed by atoms with Gasteiger partial charge in [-0.15, -0.1) is 0 Å². The number of carbonyl (C=O) groups is 1. The van der Waals surface area contributed by atoms with Gasteiger partial charge >= 0.3 is 0 Å². The fraction of sp³-hybridized carbons (Fsp3) is 0.357. The first-order valence-electron chi connectivity index (χ1n) is 5.90. The third-order valence-corrected chi connectivity index (χ3v) is 2.96. The van der Waals surface area contributed by atoms with Gasteiger partial charge in [-0.1, -0.05) is 42.5 Å². The molecule has 3 nitrogen and oxygen atoms in total. The number of carbonyl (C=O) groups excluding carboxylic acids is 1. The normalized spacial score (nSPS) is 22.6. The van der Waals surface area contributed by atoms with Crippen molar-refractivity contribution in [2.24, 2.45) is 5.92 Å². The summed E-state index contributed by atoms with van der Waals surface area (Å²) in [5, 5.41) is 11.9. The molecule has 1 aliphatic carbocycles. The van der Waals surface area contributed by atoms with Crippen LogP contribution < -0.4 is 5.32 Å². The number of hydrogen-bond acceptors (Lipinski definition) is 2. The molecule has 1 aromatic rings. The molecule has 0 aromatic heterocycles. The van der Waals surface area contributed by atoms with Crippen molar-refractivity contribution in [3.8, 4) is 0 Å². The maximum absolute atomic E-state index is 11.8. The van der Waals surface area contributed by atoms with Crippen molar-refractivity contribution >= 4 is 5.91 Å². The van der Waals surface area contributed by atoms with Crippen molar-refractivity contribution in [3.63, 3.8) is 0 Å². The van der Waals surface area contributed by atoms with Gasteiger partial charge in [0.1, 0.15) is 0 Å². The Labute approximate surface area is 101 Å². The van der Waals surface area contributed by atoms with Gasteiger partial charge in [0.25, 0.3) is 0 Å². The van der Waals surface area contributed by atoms with Crippen molar-refractivity contribution in [1.29, 1.82) is 0 Å². The lowest BCUT2D eigenvalue weighted by atomic mass is 10.1. The molecule has 2 rings (SSSR count). The highest BCUT2D eigenvalue weighted by atomic mass is 16.3. The molecular formula is C14H17NO2. The standard InChI is InChI=1S/C14H17NO2/c16-10-12-6-7-13(8-12)15-14(17)9-11-4-2-1-3-5-11/h1-7,12-13,16H,8-10H2,(H,15,17). The quantitative estimate of drug-likeness (QED) is 0.767. The van der Waals surface area contributed by atoms with E-state index in [0.29, 0.717) is 6.42 Å². The topological polar surface area (TPSA) is 49.3 Å². The predicted octanol–water partition coefficient (Wildman–Crippen LogP) is 1.28. The van der Waals surface area contributed by atoms with Crippen molar-refractivity contribution in [2.45, 2.75) is 18.9 Å². The van der Waals surface area contributed by atoms with Crippen LogP contribution in [0.3, 0.4) is 0 Å². The van der Waals surface area contributed by atoms with Gasteiger partial charge in [-0.3, -0.25) is 4.79 Å². The molecule has 2 unspecified atom stereocenters. The summed E-state index contributed by atoms with van der Waals surface area (Å²) in [4.78, 5) is 11.8. The molecule has 3 heteroatoms. The van der Waals surface area contributed by atoms with Gasteiger partial charge in [0.15, 0.2) is 0 Å². The lowest BCUT2D eigenvalue weighted by molar-refractivity contribution is -0.120. The second-order valence-corrected chi connectivity index (χ2v) is 4.40. The summed E-state index contributed by atoms with van der Waals surface area (Å²) in [6.45, 7) is 0.154. The molecule has 2 N–H and O–H groups in total. The van der Waals surface area contributed by atoms with Crippen molar-refractivity contribution < 1.29 is 9.90 Å². The maximum Gasteiger partial charge on any atom is 0.224 e. The van der Waals surface area contributed by atoms with E-state index in [1.165, 1.54) is 0 Å². The Hall–Kier alpha value is -1.61. The van der Waals surface area contributed by atoms with Crippen molar-refractivity contribution in [2.75, 3.05) is 6.61 Å². The fourth-order valence-electron chi connectivity index (χ4n) is 2.06. The Balaban J connectivity index is 1.81. The van der Waals surface area contributed by atoms with Crippen LogP contribution in [0, 0.1) is 5.92 Å². The van der Waals surface area contributed by atoms with Crippen LogP contribution in [0.4, 0.5) is 0 Å². The van der Waals surface area contributed by atoms with Crippen LogP contribution in [0.2, 0.25) is 0 Å². The zero-order valence-electron chi connectivity index (χ0n) is 9.67. The summed E-state index contributed by atoms with van der Waals surface area (Å²) in [5.74, 6) is 0.224. The number of hydrogen-bond donors (Lipinski definition) is 2. The molecule has 0 fully saturated rings. The van der Waals surface area contributed by atoms with Crippen LogP contribution in [0.5, 0.6) is 0 Å². The van der Waals surface area contributed by atoms with Crippen molar-refractivity contribution in [3.05, 3.63) is 48.0 Å². The van der Waals surface area contributed by atoms with Gasteiger partial charge in [0, 0.05) is 18.6 Å². The Morgan fingerprint density at radius 1 is 1.29 bits per heavy atom. The van der Waals surface area contributed by atoms with Gasteiger partial charge in [0.2, 0.25) is 5.91 Å². The van der Waals surface area contributed by atoms with E-state index in [1.54, 1.807) is 0 Å². The van der Waals surface area contributed by atoms with E-state index in [2.05, 4.69) is 5.32 Å². The molecule has 17 heavy (non-hydrogen) atoms. The third-order valence-electron chi connectivity index (χ3n) is 2.96. The minimum atomic E-state index is 0.0319. The number of amides is 1. The van der Waals surface area contributed by atoms with E-state index in [1.807, 2.05) is 42.5 Å². The molecule has 0 aliphatic heterocycles. The maximum atomic E-state index is 11.8.